The summed E-state index contributed by atoms with van der Waals surface area (Å²) in [4.78, 5) is 19.2. The highest BCUT2D eigenvalue weighted by Gasteiger charge is 2.27. The van der Waals surface area contributed by atoms with Gasteiger partial charge < -0.3 is 19.3 Å². The summed E-state index contributed by atoms with van der Waals surface area (Å²) in [6, 6.07) is 5.71. The number of nitrogens with zero attached hydrogens (tertiary/aromatic N) is 3. The molecule has 8 heteroatoms. The van der Waals surface area contributed by atoms with E-state index in [9.17, 15) is 4.79 Å². The molecular formula is C21H30N4O4. The average Bonchev–Trinajstić information content (AvgIpc) is 3.21. The van der Waals surface area contributed by atoms with E-state index >= 15 is 0 Å². The van der Waals surface area contributed by atoms with E-state index in [0.29, 0.717) is 36.3 Å². The number of hydrogen-bond donors (Lipinski definition) is 1. The number of likely N-dealkylation sites (tertiary alicyclic amines) is 1. The highest BCUT2D eigenvalue weighted by atomic mass is 16.5. The Morgan fingerprint density at radius 3 is 2.86 bits per heavy atom. The van der Waals surface area contributed by atoms with Crippen molar-refractivity contribution in [2.45, 2.75) is 45.7 Å². The molecule has 1 aliphatic heterocycles. The molecule has 1 amide bonds. The molecule has 1 aliphatic rings. The zero-order valence-corrected chi connectivity index (χ0v) is 17.6. The number of rotatable bonds is 8. The number of nitrogens with one attached hydrogen (secondary N) is 1. The Kier molecular flexibility index (Phi) is 7.09. The first-order valence-corrected chi connectivity index (χ1v) is 10.1. The monoisotopic (exact) mass is 402 g/mol. The van der Waals surface area contributed by atoms with Crippen molar-refractivity contribution in [1.29, 1.82) is 0 Å². The van der Waals surface area contributed by atoms with Crippen molar-refractivity contribution in [1.82, 2.24) is 20.4 Å². The number of ether oxygens (including phenoxy) is 2. The van der Waals surface area contributed by atoms with Crippen molar-refractivity contribution in [3.63, 3.8) is 0 Å². The summed E-state index contributed by atoms with van der Waals surface area (Å²) in [7, 11) is 3.19. The van der Waals surface area contributed by atoms with E-state index in [2.05, 4.69) is 27.3 Å². The number of hydrogen-bond acceptors (Lipinski definition) is 7. The first kappa shape index (κ1) is 21.1. The van der Waals surface area contributed by atoms with E-state index < -0.39 is 0 Å². The number of benzene rings is 1. The van der Waals surface area contributed by atoms with Crippen molar-refractivity contribution in [2.75, 3.05) is 27.3 Å². The number of aromatic nitrogens is 2. The molecule has 1 aromatic carbocycles. The molecule has 1 aromatic heterocycles. The average molecular weight is 402 g/mol. The van der Waals surface area contributed by atoms with Crippen LogP contribution in [0.25, 0.3) is 11.4 Å². The van der Waals surface area contributed by atoms with Crippen molar-refractivity contribution in [2.24, 2.45) is 5.92 Å². The lowest BCUT2D eigenvalue weighted by Crippen LogP contribution is -2.44. The topological polar surface area (TPSA) is 89.7 Å². The predicted molar refractivity (Wildman–Crippen MR) is 109 cm³/mol. The number of methoxy groups -OCH3 is 2. The molecule has 0 bridgehead atoms. The van der Waals surface area contributed by atoms with E-state index in [1.807, 2.05) is 25.1 Å². The summed E-state index contributed by atoms with van der Waals surface area (Å²) in [5.41, 5.74) is 0.794. The van der Waals surface area contributed by atoms with Gasteiger partial charge in [0, 0.05) is 18.2 Å². The van der Waals surface area contributed by atoms with E-state index in [4.69, 9.17) is 14.0 Å². The van der Waals surface area contributed by atoms with Crippen molar-refractivity contribution in [3.8, 4) is 22.9 Å². The molecule has 0 aliphatic carbocycles. The standard InChI is InChI=1S/C21H30N4O4/c1-5-14(2)22-21(26)16-7-6-10-25(12-16)13-19-23-20(24-29-19)15-8-9-17(27-3)18(11-15)28-4/h8-9,11,14,16H,5-7,10,12-13H2,1-4H3,(H,22,26). The Balaban J connectivity index is 1.63. The van der Waals surface area contributed by atoms with Gasteiger partial charge in [0.25, 0.3) is 0 Å². The predicted octanol–water partition coefficient (Wildman–Crippen LogP) is 2.88. The molecule has 2 atom stereocenters. The third kappa shape index (κ3) is 5.26. The molecule has 1 fully saturated rings. The molecule has 0 spiro atoms. The summed E-state index contributed by atoms with van der Waals surface area (Å²) in [6.45, 7) is 6.27. The highest BCUT2D eigenvalue weighted by molar-refractivity contribution is 5.79. The van der Waals surface area contributed by atoms with Crippen LogP contribution in [0.3, 0.4) is 0 Å². The molecule has 0 radical (unpaired) electrons. The maximum atomic E-state index is 12.5. The first-order chi connectivity index (χ1) is 14.0. The smallest absolute Gasteiger partial charge is 0.241 e. The highest BCUT2D eigenvalue weighted by Crippen LogP contribution is 2.31. The van der Waals surface area contributed by atoms with Gasteiger partial charge in [-0.05, 0) is 50.9 Å². The number of carbonyl (C=O) groups is 1. The fourth-order valence-corrected chi connectivity index (χ4v) is 3.48. The molecule has 29 heavy (non-hydrogen) atoms. The van der Waals surface area contributed by atoms with Crippen LogP contribution in [0.15, 0.2) is 22.7 Å². The van der Waals surface area contributed by atoms with Crippen LogP contribution in [0.4, 0.5) is 0 Å². The molecule has 2 aromatic rings. The van der Waals surface area contributed by atoms with Gasteiger partial charge in [0.2, 0.25) is 17.6 Å². The van der Waals surface area contributed by atoms with Gasteiger partial charge in [-0.1, -0.05) is 12.1 Å². The van der Waals surface area contributed by atoms with E-state index in [1.165, 1.54) is 0 Å². The first-order valence-electron chi connectivity index (χ1n) is 10.1. The van der Waals surface area contributed by atoms with Crippen LogP contribution in [0.5, 0.6) is 11.5 Å². The fraction of sp³-hybridized carbons (Fsp3) is 0.571. The van der Waals surface area contributed by atoms with Crippen molar-refractivity contribution >= 4 is 5.91 Å². The molecule has 0 saturated carbocycles. The van der Waals surface area contributed by atoms with Crippen LogP contribution in [0.1, 0.15) is 39.0 Å². The lowest BCUT2D eigenvalue weighted by molar-refractivity contribution is -0.127. The van der Waals surface area contributed by atoms with E-state index in [0.717, 1.165) is 31.4 Å². The van der Waals surface area contributed by atoms with Crippen LogP contribution in [-0.4, -0.2) is 54.3 Å². The van der Waals surface area contributed by atoms with Crippen LogP contribution in [0, 0.1) is 5.92 Å². The van der Waals surface area contributed by atoms with Gasteiger partial charge in [-0.2, -0.15) is 4.98 Å². The summed E-state index contributed by atoms with van der Waals surface area (Å²) in [5.74, 6) is 2.45. The molecule has 158 valence electrons. The van der Waals surface area contributed by atoms with Gasteiger partial charge in [-0.25, -0.2) is 0 Å². The van der Waals surface area contributed by atoms with Gasteiger partial charge in [0.15, 0.2) is 11.5 Å². The van der Waals surface area contributed by atoms with Gasteiger partial charge >= 0.3 is 0 Å². The number of amides is 1. The third-order valence-electron chi connectivity index (χ3n) is 5.35. The number of piperidine rings is 1. The molecule has 2 heterocycles. The summed E-state index contributed by atoms with van der Waals surface area (Å²) < 4.78 is 16.1. The Morgan fingerprint density at radius 2 is 2.14 bits per heavy atom. The molecule has 8 nitrogen and oxygen atoms in total. The van der Waals surface area contributed by atoms with Crippen LogP contribution >= 0.6 is 0 Å². The van der Waals surface area contributed by atoms with Gasteiger partial charge in [-0.3, -0.25) is 9.69 Å². The van der Waals surface area contributed by atoms with Crippen LogP contribution in [-0.2, 0) is 11.3 Å². The van der Waals surface area contributed by atoms with Gasteiger partial charge in [0.1, 0.15) is 0 Å². The van der Waals surface area contributed by atoms with Crippen molar-refractivity contribution < 1.29 is 18.8 Å². The second-order valence-corrected chi connectivity index (χ2v) is 7.47. The minimum atomic E-state index is 0.00555. The SMILES string of the molecule is CCC(C)NC(=O)C1CCCN(Cc2nc(-c3ccc(OC)c(OC)c3)no2)C1. The molecule has 3 rings (SSSR count). The maximum Gasteiger partial charge on any atom is 0.241 e. The van der Waals surface area contributed by atoms with Gasteiger partial charge in [0.05, 0.1) is 26.7 Å². The quantitative estimate of drug-likeness (QED) is 0.726. The van der Waals surface area contributed by atoms with Crippen LogP contribution in [0.2, 0.25) is 0 Å². The second kappa shape index (κ2) is 9.73. The minimum Gasteiger partial charge on any atom is -0.493 e. The van der Waals surface area contributed by atoms with Gasteiger partial charge in [-0.15, -0.1) is 0 Å². The van der Waals surface area contributed by atoms with Crippen molar-refractivity contribution in [3.05, 3.63) is 24.1 Å². The fourth-order valence-electron chi connectivity index (χ4n) is 3.48. The Labute approximate surface area is 171 Å². The second-order valence-electron chi connectivity index (χ2n) is 7.47. The number of carbonyl (C=O) groups excluding carboxylic acids is 1. The lowest BCUT2D eigenvalue weighted by atomic mass is 9.96. The Morgan fingerprint density at radius 1 is 1.34 bits per heavy atom. The Bertz CT molecular complexity index is 823. The molecule has 1 N–H and O–H groups in total. The minimum absolute atomic E-state index is 0.00555. The third-order valence-corrected chi connectivity index (χ3v) is 5.35. The normalized spacial score (nSPS) is 18.3. The zero-order valence-electron chi connectivity index (χ0n) is 17.6. The summed E-state index contributed by atoms with van der Waals surface area (Å²) >= 11 is 0. The largest absolute Gasteiger partial charge is 0.493 e. The van der Waals surface area contributed by atoms with E-state index in [1.54, 1.807) is 14.2 Å². The zero-order chi connectivity index (χ0) is 20.8. The van der Waals surface area contributed by atoms with E-state index in [-0.39, 0.29) is 17.9 Å². The lowest BCUT2D eigenvalue weighted by Gasteiger charge is -2.31. The Hall–Kier alpha value is -2.61. The molecule has 2 unspecified atom stereocenters. The summed E-state index contributed by atoms with van der Waals surface area (Å²) in [5, 5.41) is 7.19. The molecule has 1 saturated heterocycles. The van der Waals surface area contributed by atoms with Crippen LogP contribution < -0.4 is 14.8 Å². The maximum absolute atomic E-state index is 12.5. The molecular weight excluding hydrogens is 372 g/mol. The summed E-state index contributed by atoms with van der Waals surface area (Å²) in [6.07, 6.45) is 2.83.